The number of ether oxygens (including phenoxy) is 1. The van der Waals surface area contributed by atoms with Crippen LogP contribution < -0.4 is 15.4 Å². The molecule has 3 aromatic carbocycles. The second kappa shape index (κ2) is 9.51. The van der Waals surface area contributed by atoms with Crippen LogP contribution in [0.3, 0.4) is 0 Å². The minimum Gasteiger partial charge on any atom is -0.491 e. The molecule has 1 spiro atoms. The molecule has 2 heterocycles. The Morgan fingerprint density at radius 2 is 1.89 bits per heavy atom. The van der Waals surface area contributed by atoms with Crippen molar-refractivity contribution in [2.75, 3.05) is 18.5 Å². The van der Waals surface area contributed by atoms with E-state index in [0.717, 1.165) is 5.56 Å². The maximum atomic E-state index is 14.1. The maximum Gasteiger partial charge on any atom is 0.238 e. The van der Waals surface area contributed by atoms with Crippen LogP contribution in [0, 0.1) is 12.3 Å². The van der Waals surface area contributed by atoms with Gasteiger partial charge in [0.05, 0.1) is 12.6 Å². The zero-order chi connectivity index (χ0) is 25.4. The van der Waals surface area contributed by atoms with Gasteiger partial charge >= 0.3 is 0 Å². The van der Waals surface area contributed by atoms with Gasteiger partial charge in [0.2, 0.25) is 11.8 Å². The maximum absolute atomic E-state index is 14.1. The summed E-state index contributed by atoms with van der Waals surface area (Å²) in [6.45, 7) is -0.169. The molecule has 36 heavy (non-hydrogen) atoms. The number of hydrogen-bond acceptors (Lipinski definition) is 4. The molecular weight excluding hydrogens is 499 g/mol. The van der Waals surface area contributed by atoms with Crippen molar-refractivity contribution in [2.45, 2.75) is 23.8 Å². The summed E-state index contributed by atoms with van der Waals surface area (Å²) >= 11 is 12.6. The molecule has 1 unspecified atom stereocenters. The van der Waals surface area contributed by atoms with E-state index in [9.17, 15) is 14.7 Å². The smallest absolute Gasteiger partial charge is 0.238 e. The van der Waals surface area contributed by atoms with Crippen molar-refractivity contribution in [3.05, 3.63) is 93.0 Å². The molecule has 0 radical (unpaired) electrons. The zero-order valence-electron chi connectivity index (χ0n) is 19.1. The van der Waals surface area contributed by atoms with E-state index in [1.54, 1.807) is 48.5 Å². The Bertz CT molecular complexity index is 1420. The highest BCUT2D eigenvalue weighted by molar-refractivity contribution is 6.31. The lowest BCUT2D eigenvalue weighted by molar-refractivity contribution is -0.131. The monoisotopic (exact) mass is 520 g/mol. The molecule has 2 amide bonds. The van der Waals surface area contributed by atoms with E-state index in [0.29, 0.717) is 38.2 Å². The molecular formula is C28H22Cl2N2O4. The summed E-state index contributed by atoms with van der Waals surface area (Å²) < 4.78 is 5.84. The molecule has 1 fully saturated rings. The Balaban J connectivity index is 1.81. The van der Waals surface area contributed by atoms with Gasteiger partial charge in [0.15, 0.2) is 0 Å². The number of terminal acetylenes is 1. The molecule has 182 valence electrons. The number of carbonyl (C=O) groups is 2. The number of rotatable bonds is 5. The lowest BCUT2D eigenvalue weighted by Gasteiger charge is -2.46. The fraction of sp³-hybridized carbons (Fsp3) is 0.214. The average molecular weight is 521 g/mol. The van der Waals surface area contributed by atoms with Crippen molar-refractivity contribution < 1.29 is 19.4 Å². The van der Waals surface area contributed by atoms with Crippen LogP contribution in [0.25, 0.3) is 0 Å². The largest absolute Gasteiger partial charge is 0.491 e. The third kappa shape index (κ3) is 3.90. The van der Waals surface area contributed by atoms with Gasteiger partial charge in [-0.1, -0.05) is 47.3 Å². The third-order valence-corrected chi connectivity index (χ3v) is 7.31. The van der Waals surface area contributed by atoms with Crippen molar-refractivity contribution in [1.82, 2.24) is 5.32 Å². The molecule has 6 nitrogen and oxygen atoms in total. The van der Waals surface area contributed by atoms with Crippen LogP contribution in [0.1, 0.15) is 40.6 Å². The van der Waals surface area contributed by atoms with Gasteiger partial charge in [-0.3, -0.25) is 9.59 Å². The quantitative estimate of drug-likeness (QED) is 0.429. The normalized spacial score (nSPS) is 22.5. The van der Waals surface area contributed by atoms with Gasteiger partial charge in [-0.15, -0.1) is 6.42 Å². The number of piperidine rings is 1. The summed E-state index contributed by atoms with van der Waals surface area (Å²) in [6, 6.07) is 16.8. The molecule has 3 N–H and O–H groups in total. The number of hydrogen-bond donors (Lipinski definition) is 3. The Labute approximate surface area is 218 Å². The van der Waals surface area contributed by atoms with E-state index in [-0.39, 0.29) is 31.4 Å². The van der Waals surface area contributed by atoms with Crippen molar-refractivity contribution in [3.8, 4) is 18.1 Å². The summed E-state index contributed by atoms with van der Waals surface area (Å²) in [4.78, 5) is 27.3. The van der Waals surface area contributed by atoms with Gasteiger partial charge in [0, 0.05) is 39.2 Å². The van der Waals surface area contributed by atoms with Crippen molar-refractivity contribution in [3.63, 3.8) is 0 Å². The van der Waals surface area contributed by atoms with Gasteiger partial charge in [0.1, 0.15) is 17.8 Å². The molecule has 0 saturated carbocycles. The number of anilines is 1. The summed E-state index contributed by atoms with van der Waals surface area (Å²) in [5, 5.41) is 16.4. The Morgan fingerprint density at radius 3 is 2.64 bits per heavy atom. The first kappa shape index (κ1) is 24.2. The predicted octanol–water partition coefficient (Wildman–Crippen LogP) is 4.58. The van der Waals surface area contributed by atoms with Crippen molar-refractivity contribution >= 4 is 40.7 Å². The van der Waals surface area contributed by atoms with Gasteiger partial charge in [0.25, 0.3) is 0 Å². The lowest BCUT2D eigenvalue weighted by Crippen LogP contribution is -2.57. The zero-order valence-corrected chi connectivity index (χ0v) is 20.6. The highest BCUT2D eigenvalue weighted by Crippen LogP contribution is 2.58. The van der Waals surface area contributed by atoms with Gasteiger partial charge < -0.3 is 20.5 Å². The van der Waals surface area contributed by atoms with Crippen LogP contribution in [-0.4, -0.2) is 30.1 Å². The number of fused-ring (bicyclic) bond motifs is 2. The fourth-order valence-electron chi connectivity index (χ4n) is 5.42. The molecule has 3 aromatic rings. The second-order valence-electron chi connectivity index (χ2n) is 8.79. The number of amides is 2. The molecule has 1 saturated heterocycles. The first-order valence-electron chi connectivity index (χ1n) is 11.4. The second-order valence-corrected chi connectivity index (χ2v) is 9.67. The van der Waals surface area contributed by atoms with Crippen LogP contribution in [-0.2, 0) is 15.0 Å². The van der Waals surface area contributed by atoms with E-state index in [1.165, 1.54) is 0 Å². The first-order chi connectivity index (χ1) is 17.4. The standard InChI is InChI=1S/C28H22Cl2N2O4/c1-2-16-6-9-24(36-11-10-33)20(12-16)26-28(21-8-7-19(30)14-23(21)31-27(28)35)22(15-25(34)32-26)17-4-3-5-18(29)13-17/h1,3-9,12-14,22,26,33H,10-11,15H2,(H,31,35)(H,32,34)/t22-,26?,28-/m0/s1. The number of nitrogens with one attached hydrogen (secondary N) is 2. The summed E-state index contributed by atoms with van der Waals surface area (Å²) in [6.07, 6.45) is 5.76. The topological polar surface area (TPSA) is 87.7 Å². The molecule has 2 aliphatic rings. The van der Waals surface area contributed by atoms with Gasteiger partial charge in [-0.05, 0) is 53.6 Å². The highest BCUT2D eigenvalue weighted by Gasteiger charge is 2.61. The summed E-state index contributed by atoms with van der Waals surface area (Å²) in [7, 11) is 0. The number of carbonyl (C=O) groups excluding carboxylic acids is 2. The Kier molecular flexibility index (Phi) is 6.40. The van der Waals surface area contributed by atoms with Crippen LogP contribution in [0.4, 0.5) is 5.69 Å². The van der Waals surface area contributed by atoms with E-state index >= 15 is 0 Å². The number of benzene rings is 3. The molecule has 0 bridgehead atoms. The highest BCUT2D eigenvalue weighted by atomic mass is 35.5. The summed E-state index contributed by atoms with van der Waals surface area (Å²) in [5.74, 6) is 1.95. The van der Waals surface area contributed by atoms with Crippen LogP contribution >= 0.6 is 23.2 Å². The SMILES string of the molecule is C#Cc1ccc(OCCO)c(C2NC(=O)C[C@@H](c3cccc(Cl)c3)[C@]23C(=O)Nc2cc(Cl)ccc23)c1. The van der Waals surface area contributed by atoms with E-state index in [2.05, 4.69) is 16.6 Å². The van der Waals surface area contributed by atoms with Gasteiger partial charge in [-0.2, -0.15) is 0 Å². The lowest BCUT2D eigenvalue weighted by atomic mass is 9.59. The fourth-order valence-corrected chi connectivity index (χ4v) is 5.79. The summed E-state index contributed by atoms with van der Waals surface area (Å²) in [5.41, 5.74) is 1.87. The molecule has 0 aliphatic carbocycles. The van der Waals surface area contributed by atoms with Crippen molar-refractivity contribution in [1.29, 1.82) is 0 Å². The number of aliphatic hydroxyl groups is 1. The molecule has 8 heteroatoms. The molecule has 0 aromatic heterocycles. The number of halogens is 2. The minimum absolute atomic E-state index is 0.0339. The Hall–Kier alpha value is -3.50. The Morgan fingerprint density at radius 1 is 1.08 bits per heavy atom. The van der Waals surface area contributed by atoms with Gasteiger partial charge in [-0.25, -0.2) is 0 Å². The van der Waals surface area contributed by atoms with Crippen LogP contribution in [0.2, 0.25) is 10.0 Å². The average Bonchev–Trinajstić information content (AvgIpc) is 3.14. The van der Waals surface area contributed by atoms with E-state index < -0.39 is 17.4 Å². The minimum atomic E-state index is -1.26. The predicted molar refractivity (Wildman–Crippen MR) is 138 cm³/mol. The third-order valence-electron chi connectivity index (χ3n) is 6.84. The first-order valence-corrected chi connectivity index (χ1v) is 12.1. The molecule has 3 atom stereocenters. The van der Waals surface area contributed by atoms with Crippen LogP contribution in [0.15, 0.2) is 60.7 Å². The van der Waals surface area contributed by atoms with E-state index in [4.69, 9.17) is 34.4 Å². The van der Waals surface area contributed by atoms with Crippen molar-refractivity contribution in [2.24, 2.45) is 0 Å². The molecule has 2 aliphatic heterocycles. The number of aliphatic hydroxyl groups excluding tert-OH is 1. The molecule has 5 rings (SSSR count). The van der Waals surface area contributed by atoms with E-state index in [1.807, 2.05) is 12.1 Å². The van der Waals surface area contributed by atoms with Crippen LogP contribution in [0.5, 0.6) is 5.75 Å².